The quantitative estimate of drug-likeness (QED) is 0.397. The first-order valence-electron chi connectivity index (χ1n) is 11.0. The Labute approximate surface area is 191 Å². The molecule has 1 aliphatic carbocycles. The minimum absolute atomic E-state index is 0.474. The van der Waals surface area contributed by atoms with Crippen molar-refractivity contribution in [3.63, 3.8) is 0 Å². The first-order valence-corrected chi connectivity index (χ1v) is 12.9. The van der Waals surface area contributed by atoms with Crippen LogP contribution in [-0.4, -0.2) is 15.7 Å². The second kappa shape index (κ2) is 11.5. The molecule has 1 aromatic heterocycles. The smallest absolute Gasteiger partial charge is 0.125 e. The molecule has 6 N–H and O–H groups in total. The van der Waals surface area contributed by atoms with Gasteiger partial charge in [0.15, 0.2) is 0 Å². The minimum atomic E-state index is -1.33. The third-order valence-electron chi connectivity index (χ3n) is 5.37. The number of hydrogen-bond acceptors (Lipinski definition) is 6. The van der Waals surface area contributed by atoms with Gasteiger partial charge in [0.2, 0.25) is 0 Å². The molecule has 3 rings (SSSR count). The second-order valence-electron chi connectivity index (χ2n) is 7.72. The zero-order valence-corrected chi connectivity index (χ0v) is 20.0. The molecule has 0 saturated heterocycles. The first-order chi connectivity index (χ1) is 15.0. The molecule has 0 aliphatic heterocycles. The molecule has 0 bridgehead atoms. The zero-order chi connectivity index (χ0) is 22.2. The van der Waals surface area contributed by atoms with Crippen LogP contribution < -0.4 is 21.5 Å². The van der Waals surface area contributed by atoms with Crippen molar-refractivity contribution >= 4 is 28.0 Å². The molecule has 1 saturated carbocycles. The van der Waals surface area contributed by atoms with Gasteiger partial charge in [-0.15, -0.1) is 11.3 Å². The highest BCUT2D eigenvalue weighted by atomic mass is 32.2. The van der Waals surface area contributed by atoms with Crippen LogP contribution in [0.25, 0.3) is 10.4 Å². The molecule has 1 aliphatic rings. The number of rotatable bonds is 9. The fraction of sp³-hybridized carbons (Fsp3) is 0.435. The Kier molecular flexibility index (Phi) is 8.69. The van der Waals surface area contributed by atoms with Crippen molar-refractivity contribution in [2.45, 2.75) is 63.2 Å². The Hall–Kier alpha value is -2.16. The van der Waals surface area contributed by atoms with Crippen molar-refractivity contribution in [1.29, 1.82) is 0 Å². The first kappa shape index (κ1) is 23.5. The van der Waals surface area contributed by atoms with Gasteiger partial charge in [0.05, 0.1) is 14.8 Å². The van der Waals surface area contributed by atoms with E-state index in [1.54, 1.807) is 23.5 Å². The Morgan fingerprint density at radius 1 is 1.23 bits per heavy atom. The molecule has 0 amide bonds. The van der Waals surface area contributed by atoms with Gasteiger partial charge in [-0.3, -0.25) is 0 Å². The molecule has 6 nitrogen and oxygen atoms in total. The van der Waals surface area contributed by atoms with Gasteiger partial charge in [0.25, 0.3) is 0 Å². The Bertz CT molecular complexity index is 961. The predicted molar refractivity (Wildman–Crippen MR) is 132 cm³/mol. The van der Waals surface area contributed by atoms with Crippen molar-refractivity contribution < 1.29 is 4.21 Å². The van der Waals surface area contributed by atoms with Crippen LogP contribution in [0.5, 0.6) is 0 Å². The van der Waals surface area contributed by atoms with E-state index in [4.69, 9.17) is 16.5 Å². The summed E-state index contributed by atoms with van der Waals surface area (Å²) in [6.07, 6.45) is 12.5. The molecule has 1 aromatic carbocycles. The summed E-state index contributed by atoms with van der Waals surface area (Å²) < 4.78 is 16.0. The standard InChI is InChI=1S/C23H33N5OS2/c1-3-17(24)10-13-22(25)28-18-11-12-19(21(14-18)31(29)27-4-2)20-15-26-23(30-20)16-8-6-5-7-9-16/h10-16,27-28H,3-9,24-25H2,1-2H3/b17-10-,22-13+. The summed E-state index contributed by atoms with van der Waals surface area (Å²) in [5.41, 5.74) is 14.4. The average molecular weight is 460 g/mol. The second-order valence-corrected chi connectivity index (χ2v) is 10.0. The van der Waals surface area contributed by atoms with Crippen molar-refractivity contribution in [3.05, 3.63) is 53.1 Å². The van der Waals surface area contributed by atoms with Gasteiger partial charge in [-0.25, -0.2) is 13.9 Å². The summed E-state index contributed by atoms with van der Waals surface area (Å²) in [4.78, 5) is 6.49. The summed E-state index contributed by atoms with van der Waals surface area (Å²) in [6, 6.07) is 5.84. The highest BCUT2D eigenvalue weighted by molar-refractivity contribution is 7.83. The lowest BCUT2D eigenvalue weighted by atomic mass is 9.90. The lowest BCUT2D eigenvalue weighted by Gasteiger charge is -2.18. The maximum atomic E-state index is 12.9. The monoisotopic (exact) mass is 459 g/mol. The molecule has 2 aromatic rings. The van der Waals surface area contributed by atoms with Gasteiger partial charge in [0.1, 0.15) is 16.8 Å². The Morgan fingerprint density at radius 3 is 2.71 bits per heavy atom. The van der Waals surface area contributed by atoms with Crippen LogP contribution in [0.2, 0.25) is 0 Å². The van der Waals surface area contributed by atoms with E-state index < -0.39 is 11.0 Å². The fourth-order valence-electron chi connectivity index (χ4n) is 3.64. The van der Waals surface area contributed by atoms with E-state index >= 15 is 0 Å². The summed E-state index contributed by atoms with van der Waals surface area (Å²) in [5, 5.41) is 4.36. The van der Waals surface area contributed by atoms with E-state index in [-0.39, 0.29) is 0 Å². The van der Waals surface area contributed by atoms with Gasteiger partial charge in [-0.05, 0) is 43.5 Å². The van der Waals surface area contributed by atoms with Gasteiger partial charge >= 0.3 is 0 Å². The number of benzene rings is 1. The van der Waals surface area contributed by atoms with E-state index in [1.165, 1.54) is 37.1 Å². The maximum absolute atomic E-state index is 12.9. The number of anilines is 1. The van der Waals surface area contributed by atoms with E-state index in [0.717, 1.165) is 33.1 Å². The molecule has 1 unspecified atom stereocenters. The van der Waals surface area contributed by atoms with Gasteiger partial charge in [0, 0.05) is 35.6 Å². The Balaban J connectivity index is 1.88. The molecule has 1 atom stereocenters. The van der Waals surface area contributed by atoms with Crippen LogP contribution in [0.1, 0.15) is 63.3 Å². The van der Waals surface area contributed by atoms with Gasteiger partial charge in [-0.1, -0.05) is 39.2 Å². The third-order valence-corrected chi connectivity index (χ3v) is 7.86. The number of nitrogens with two attached hydrogens (primary N) is 2. The molecule has 0 radical (unpaired) electrons. The largest absolute Gasteiger partial charge is 0.402 e. The minimum Gasteiger partial charge on any atom is -0.402 e. The van der Waals surface area contributed by atoms with Crippen LogP contribution in [0.4, 0.5) is 5.69 Å². The Morgan fingerprint density at radius 2 is 2.00 bits per heavy atom. The molecule has 31 heavy (non-hydrogen) atoms. The molecule has 1 heterocycles. The van der Waals surface area contributed by atoms with Crippen LogP contribution in [0.15, 0.2) is 53.0 Å². The predicted octanol–water partition coefficient (Wildman–Crippen LogP) is 4.95. The molecular formula is C23H33N5OS2. The van der Waals surface area contributed by atoms with E-state index in [1.807, 2.05) is 38.2 Å². The normalized spacial score (nSPS) is 17.0. The number of hydrogen-bond donors (Lipinski definition) is 4. The summed E-state index contributed by atoms with van der Waals surface area (Å²) in [5.74, 6) is 1.03. The number of thiazole rings is 1. The molecule has 1 fully saturated rings. The van der Waals surface area contributed by atoms with Crippen LogP contribution in [0, 0.1) is 0 Å². The maximum Gasteiger partial charge on any atom is 0.125 e. The van der Waals surface area contributed by atoms with E-state index in [0.29, 0.717) is 18.3 Å². The molecular weight excluding hydrogens is 426 g/mol. The summed E-state index contributed by atoms with van der Waals surface area (Å²) >= 11 is 1.72. The highest BCUT2D eigenvalue weighted by Crippen LogP contribution is 2.39. The van der Waals surface area contributed by atoms with Crippen molar-refractivity contribution in [3.8, 4) is 10.4 Å². The fourth-order valence-corrected chi connectivity index (χ4v) is 5.86. The number of nitrogens with zero attached hydrogens (tertiary/aromatic N) is 1. The van der Waals surface area contributed by atoms with Crippen molar-refractivity contribution in [2.75, 3.05) is 11.9 Å². The lowest BCUT2D eigenvalue weighted by Crippen LogP contribution is -2.17. The number of aromatic nitrogens is 1. The van der Waals surface area contributed by atoms with Crippen LogP contribution in [0.3, 0.4) is 0 Å². The van der Waals surface area contributed by atoms with Gasteiger partial charge < -0.3 is 16.8 Å². The van der Waals surface area contributed by atoms with E-state index in [9.17, 15) is 4.21 Å². The summed E-state index contributed by atoms with van der Waals surface area (Å²) in [7, 11) is -1.33. The third kappa shape index (κ3) is 6.41. The van der Waals surface area contributed by atoms with E-state index in [2.05, 4.69) is 10.0 Å². The van der Waals surface area contributed by atoms with Gasteiger partial charge in [-0.2, -0.15) is 0 Å². The van der Waals surface area contributed by atoms with Crippen LogP contribution >= 0.6 is 11.3 Å². The highest BCUT2D eigenvalue weighted by Gasteiger charge is 2.21. The average Bonchev–Trinajstić information content (AvgIpc) is 3.28. The molecule has 8 heteroatoms. The number of allylic oxidation sites excluding steroid dienone is 3. The summed E-state index contributed by atoms with van der Waals surface area (Å²) in [6.45, 7) is 4.55. The lowest BCUT2D eigenvalue weighted by molar-refractivity contribution is 0.442. The molecule has 168 valence electrons. The molecule has 0 spiro atoms. The zero-order valence-electron chi connectivity index (χ0n) is 18.3. The number of nitrogens with one attached hydrogen (secondary N) is 2. The van der Waals surface area contributed by atoms with Crippen molar-refractivity contribution in [2.24, 2.45) is 11.5 Å². The topological polar surface area (TPSA) is 106 Å². The van der Waals surface area contributed by atoms with Crippen molar-refractivity contribution in [1.82, 2.24) is 9.71 Å². The van der Waals surface area contributed by atoms with Crippen LogP contribution in [-0.2, 0) is 11.0 Å². The SMILES string of the molecule is CCNS(=O)c1cc(N/C(N)=C/C=C(\N)CC)ccc1-c1cnc(C2CCCCC2)s1.